The number of carbonyl (C=O) groups is 1. The van der Waals surface area contributed by atoms with Gasteiger partial charge in [-0.15, -0.1) is 0 Å². The first kappa shape index (κ1) is 16.3. The molecule has 1 aromatic rings. The van der Waals surface area contributed by atoms with Gasteiger partial charge in [0.15, 0.2) is 0 Å². The van der Waals surface area contributed by atoms with Gasteiger partial charge in [0.2, 0.25) is 5.91 Å². The van der Waals surface area contributed by atoms with Crippen LogP contribution >= 0.6 is 11.6 Å². The highest BCUT2D eigenvalue weighted by Gasteiger charge is 2.38. The number of likely N-dealkylation sites (N-methyl/N-ethyl adjacent to an activating group) is 1. The van der Waals surface area contributed by atoms with Crippen LogP contribution in [-0.4, -0.2) is 48.4 Å². The molecule has 0 saturated carbocycles. The summed E-state index contributed by atoms with van der Waals surface area (Å²) in [6.45, 7) is 2.90. The van der Waals surface area contributed by atoms with Gasteiger partial charge in [0.05, 0.1) is 12.1 Å². The van der Waals surface area contributed by atoms with Gasteiger partial charge < -0.3 is 10.6 Å². The van der Waals surface area contributed by atoms with Crippen LogP contribution in [0.4, 0.5) is 0 Å². The minimum atomic E-state index is -0.0771. The fraction of sp³-hybridized carbons (Fsp3) is 0.562. The molecule has 5 heteroatoms. The van der Waals surface area contributed by atoms with Crippen LogP contribution in [-0.2, 0) is 4.79 Å². The first-order chi connectivity index (χ1) is 9.91. The summed E-state index contributed by atoms with van der Waals surface area (Å²) in [5, 5.41) is 0.713. The molecule has 1 fully saturated rings. The number of rotatable bonds is 4. The van der Waals surface area contributed by atoms with Gasteiger partial charge in [-0.05, 0) is 44.0 Å². The molecule has 1 aliphatic heterocycles. The van der Waals surface area contributed by atoms with Gasteiger partial charge >= 0.3 is 0 Å². The quantitative estimate of drug-likeness (QED) is 0.928. The lowest BCUT2D eigenvalue weighted by Crippen LogP contribution is -2.48. The zero-order valence-electron chi connectivity index (χ0n) is 12.9. The predicted octanol–water partition coefficient (Wildman–Crippen LogP) is 2.28. The monoisotopic (exact) mass is 309 g/mol. The van der Waals surface area contributed by atoms with Crippen molar-refractivity contribution in [2.45, 2.75) is 37.9 Å². The maximum absolute atomic E-state index is 12.4. The molecule has 116 valence electrons. The lowest BCUT2D eigenvalue weighted by Gasteiger charge is -2.36. The molecule has 1 aliphatic rings. The van der Waals surface area contributed by atoms with E-state index in [2.05, 4.69) is 4.90 Å². The Labute approximate surface area is 131 Å². The minimum Gasteiger partial charge on any atom is -0.347 e. The van der Waals surface area contributed by atoms with Crippen LogP contribution in [0.2, 0.25) is 5.02 Å². The third kappa shape index (κ3) is 3.57. The fourth-order valence-electron chi connectivity index (χ4n) is 3.14. The lowest BCUT2D eigenvalue weighted by atomic mass is 9.98. The number of carbonyl (C=O) groups excluding carboxylic acids is 1. The summed E-state index contributed by atoms with van der Waals surface area (Å²) < 4.78 is 0. The third-order valence-electron chi connectivity index (χ3n) is 4.09. The highest BCUT2D eigenvalue weighted by molar-refractivity contribution is 6.30. The van der Waals surface area contributed by atoms with Crippen molar-refractivity contribution in [2.24, 2.45) is 5.73 Å². The summed E-state index contributed by atoms with van der Waals surface area (Å²) in [4.78, 5) is 16.3. The van der Waals surface area contributed by atoms with Crippen LogP contribution in [0.5, 0.6) is 0 Å². The molecular formula is C16H24ClN3O. The topological polar surface area (TPSA) is 49.6 Å². The Morgan fingerprint density at radius 2 is 2.00 bits per heavy atom. The van der Waals surface area contributed by atoms with Crippen molar-refractivity contribution in [3.63, 3.8) is 0 Å². The van der Waals surface area contributed by atoms with Crippen molar-refractivity contribution in [1.29, 1.82) is 0 Å². The molecule has 1 heterocycles. The van der Waals surface area contributed by atoms with Crippen LogP contribution in [0.3, 0.4) is 0 Å². The SMILES string of the molecule is CC(N)C(c1ccc(Cl)cc1)N1CCCC1C(=O)N(C)C. The summed E-state index contributed by atoms with van der Waals surface area (Å²) in [7, 11) is 3.62. The molecule has 3 atom stereocenters. The normalized spacial score (nSPS) is 22.0. The molecule has 1 saturated heterocycles. The van der Waals surface area contributed by atoms with E-state index < -0.39 is 0 Å². The summed E-state index contributed by atoms with van der Waals surface area (Å²) in [5.74, 6) is 0.159. The van der Waals surface area contributed by atoms with Crippen LogP contribution in [0.15, 0.2) is 24.3 Å². The van der Waals surface area contributed by atoms with E-state index >= 15 is 0 Å². The van der Waals surface area contributed by atoms with E-state index in [9.17, 15) is 4.79 Å². The second-order valence-corrected chi connectivity index (χ2v) is 6.42. The Kier molecular flexibility index (Phi) is 5.25. The van der Waals surface area contributed by atoms with E-state index in [4.69, 9.17) is 17.3 Å². The molecule has 3 unspecified atom stereocenters. The highest BCUT2D eigenvalue weighted by Crippen LogP contribution is 2.32. The molecule has 0 radical (unpaired) electrons. The number of hydrogen-bond donors (Lipinski definition) is 1. The second-order valence-electron chi connectivity index (χ2n) is 5.98. The second kappa shape index (κ2) is 6.77. The van der Waals surface area contributed by atoms with Crippen molar-refractivity contribution in [3.8, 4) is 0 Å². The van der Waals surface area contributed by atoms with Crippen molar-refractivity contribution in [1.82, 2.24) is 9.80 Å². The molecular weight excluding hydrogens is 286 g/mol. The van der Waals surface area contributed by atoms with E-state index in [1.165, 1.54) is 0 Å². The summed E-state index contributed by atoms with van der Waals surface area (Å²) in [6.07, 6.45) is 1.93. The first-order valence-electron chi connectivity index (χ1n) is 7.39. The molecule has 0 aromatic heterocycles. The van der Waals surface area contributed by atoms with Crippen LogP contribution in [0, 0.1) is 0 Å². The Morgan fingerprint density at radius 3 is 2.52 bits per heavy atom. The van der Waals surface area contributed by atoms with Gasteiger partial charge in [-0.3, -0.25) is 9.69 Å². The van der Waals surface area contributed by atoms with Crippen molar-refractivity contribution < 1.29 is 4.79 Å². The Bertz CT molecular complexity index is 487. The number of hydrogen-bond acceptors (Lipinski definition) is 3. The van der Waals surface area contributed by atoms with Gasteiger partial charge in [0.1, 0.15) is 0 Å². The number of amides is 1. The van der Waals surface area contributed by atoms with Gasteiger partial charge in [0, 0.05) is 25.2 Å². The van der Waals surface area contributed by atoms with Crippen LogP contribution in [0.25, 0.3) is 0 Å². The van der Waals surface area contributed by atoms with Gasteiger partial charge in [-0.25, -0.2) is 0 Å². The van der Waals surface area contributed by atoms with Crippen molar-refractivity contribution >= 4 is 17.5 Å². The zero-order chi connectivity index (χ0) is 15.6. The molecule has 4 nitrogen and oxygen atoms in total. The average Bonchev–Trinajstić information content (AvgIpc) is 2.88. The average molecular weight is 310 g/mol. The molecule has 21 heavy (non-hydrogen) atoms. The standard InChI is InChI=1S/C16H24ClN3O/c1-11(18)15(12-6-8-13(17)9-7-12)20-10-4-5-14(20)16(21)19(2)3/h6-9,11,14-15H,4-5,10,18H2,1-3H3. The summed E-state index contributed by atoms with van der Waals surface area (Å²) in [6, 6.07) is 7.68. The highest BCUT2D eigenvalue weighted by atomic mass is 35.5. The number of benzene rings is 1. The Balaban J connectivity index is 2.29. The summed E-state index contributed by atoms with van der Waals surface area (Å²) in [5.41, 5.74) is 7.34. The third-order valence-corrected chi connectivity index (χ3v) is 4.34. The van der Waals surface area contributed by atoms with Gasteiger partial charge in [-0.2, -0.15) is 0 Å². The van der Waals surface area contributed by atoms with Crippen molar-refractivity contribution in [2.75, 3.05) is 20.6 Å². The Morgan fingerprint density at radius 1 is 1.38 bits per heavy atom. The molecule has 0 spiro atoms. The maximum atomic E-state index is 12.4. The van der Waals surface area contributed by atoms with Gasteiger partial charge in [0.25, 0.3) is 0 Å². The number of nitrogens with two attached hydrogens (primary N) is 1. The molecule has 2 N–H and O–H groups in total. The summed E-state index contributed by atoms with van der Waals surface area (Å²) >= 11 is 5.97. The van der Waals surface area contributed by atoms with Gasteiger partial charge in [-0.1, -0.05) is 23.7 Å². The van der Waals surface area contributed by atoms with E-state index in [1.807, 2.05) is 45.3 Å². The van der Waals surface area contributed by atoms with E-state index in [0.717, 1.165) is 24.9 Å². The molecule has 1 amide bonds. The smallest absolute Gasteiger partial charge is 0.239 e. The first-order valence-corrected chi connectivity index (χ1v) is 7.77. The molecule has 1 aromatic carbocycles. The number of nitrogens with zero attached hydrogens (tertiary/aromatic N) is 2. The zero-order valence-corrected chi connectivity index (χ0v) is 13.7. The fourth-order valence-corrected chi connectivity index (χ4v) is 3.27. The largest absolute Gasteiger partial charge is 0.347 e. The molecule has 0 bridgehead atoms. The Hall–Kier alpha value is -1.10. The van der Waals surface area contributed by atoms with Crippen LogP contribution in [0.1, 0.15) is 31.4 Å². The molecule has 2 rings (SSSR count). The predicted molar refractivity (Wildman–Crippen MR) is 86.3 cm³/mol. The minimum absolute atomic E-state index is 0.0404. The number of likely N-dealkylation sites (tertiary alicyclic amines) is 1. The van der Waals surface area contributed by atoms with Crippen molar-refractivity contribution in [3.05, 3.63) is 34.9 Å². The molecule has 0 aliphatic carbocycles. The lowest BCUT2D eigenvalue weighted by molar-refractivity contribution is -0.134. The van der Waals surface area contributed by atoms with Crippen LogP contribution < -0.4 is 5.73 Å². The van der Waals surface area contributed by atoms with E-state index in [0.29, 0.717) is 5.02 Å². The van der Waals surface area contributed by atoms with E-state index in [1.54, 1.807) is 4.90 Å². The number of halogens is 1. The van der Waals surface area contributed by atoms with E-state index in [-0.39, 0.29) is 24.0 Å². The maximum Gasteiger partial charge on any atom is 0.239 e.